The predicted molar refractivity (Wildman–Crippen MR) is 77.2 cm³/mol. The molecule has 0 aliphatic heterocycles. The summed E-state index contributed by atoms with van der Waals surface area (Å²) >= 11 is 1.18. The second-order valence-corrected chi connectivity index (χ2v) is 4.43. The molecule has 0 spiro atoms. The Morgan fingerprint density at radius 3 is 2.83 bits per heavy atom. The highest BCUT2D eigenvalue weighted by molar-refractivity contribution is 7.95. The number of hydroxylamine groups is 1. The highest BCUT2D eigenvalue weighted by Gasteiger charge is 2.03. The summed E-state index contributed by atoms with van der Waals surface area (Å²) in [5.74, 6) is 0. The van der Waals surface area contributed by atoms with E-state index in [4.69, 9.17) is 4.74 Å². The van der Waals surface area contributed by atoms with E-state index in [0.29, 0.717) is 6.61 Å². The van der Waals surface area contributed by atoms with Crippen molar-refractivity contribution in [1.29, 1.82) is 0 Å². The second-order valence-electron chi connectivity index (χ2n) is 3.61. The number of rotatable bonds is 11. The quantitative estimate of drug-likeness (QED) is 0.232. The summed E-state index contributed by atoms with van der Waals surface area (Å²) in [4.78, 5) is 0. The molecular weight excluding hydrogens is 250 g/mol. The molecule has 18 heavy (non-hydrogen) atoms. The van der Waals surface area contributed by atoms with Crippen molar-refractivity contribution in [3.63, 3.8) is 0 Å². The molecule has 0 amide bonds. The molecule has 6 heteroatoms. The Balaban J connectivity index is 3.99. The Bertz CT molecular complexity index is 247. The summed E-state index contributed by atoms with van der Waals surface area (Å²) in [6.45, 7) is 4.37. The Hall–Kier alpha value is -0.530. The van der Waals surface area contributed by atoms with E-state index in [2.05, 4.69) is 10.0 Å². The zero-order valence-electron chi connectivity index (χ0n) is 11.5. The van der Waals surface area contributed by atoms with E-state index in [-0.39, 0.29) is 0 Å². The standard InChI is InChI=1S/C12H25N3O2S/c1-4-7-12(8-5-11-17-3)15(16)18-14-10-6-9-13-2/h5,7-8,13-14,16H,4,6,9-11H2,1-3H3/b8-5-,12-7+. The molecule has 0 aliphatic rings. The van der Waals surface area contributed by atoms with Crippen molar-refractivity contribution in [2.24, 2.45) is 0 Å². The van der Waals surface area contributed by atoms with Crippen LogP contribution in [0.2, 0.25) is 0 Å². The van der Waals surface area contributed by atoms with Crippen molar-refractivity contribution in [3.8, 4) is 0 Å². The number of hydrogen-bond donors (Lipinski definition) is 3. The first kappa shape index (κ1) is 17.5. The number of ether oxygens (including phenoxy) is 1. The van der Waals surface area contributed by atoms with Gasteiger partial charge in [-0.3, -0.25) is 5.21 Å². The van der Waals surface area contributed by atoms with Crippen molar-refractivity contribution in [2.45, 2.75) is 19.8 Å². The maximum Gasteiger partial charge on any atom is 0.0736 e. The zero-order chi connectivity index (χ0) is 13.6. The van der Waals surface area contributed by atoms with Crippen LogP contribution >= 0.6 is 12.1 Å². The van der Waals surface area contributed by atoms with Gasteiger partial charge in [0.2, 0.25) is 0 Å². The van der Waals surface area contributed by atoms with Crippen LogP contribution in [0.4, 0.5) is 0 Å². The van der Waals surface area contributed by atoms with Crippen molar-refractivity contribution < 1.29 is 9.94 Å². The van der Waals surface area contributed by atoms with Crippen LogP contribution in [0, 0.1) is 0 Å². The summed E-state index contributed by atoms with van der Waals surface area (Å²) in [5.41, 5.74) is 0.751. The van der Waals surface area contributed by atoms with Crippen LogP contribution in [0.25, 0.3) is 0 Å². The largest absolute Gasteiger partial charge is 0.381 e. The van der Waals surface area contributed by atoms with Crippen LogP contribution in [0.3, 0.4) is 0 Å². The first-order valence-electron chi connectivity index (χ1n) is 6.15. The molecule has 0 saturated carbocycles. The Morgan fingerprint density at radius 2 is 2.22 bits per heavy atom. The van der Waals surface area contributed by atoms with Gasteiger partial charge in [0.15, 0.2) is 0 Å². The minimum Gasteiger partial charge on any atom is -0.381 e. The molecule has 0 saturated heterocycles. The molecule has 0 heterocycles. The Labute approximate surface area is 114 Å². The maximum atomic E-state index is 9.85. The second kappa shape index (κ2) is 12.9. The van der Waals surface area contributed by atoms with Gasteiger partial charge in [0.25, 0.3) is 0 Å². The van der Waals surface area contributed by atoms with Gasteiger partial charge >= 0.3 is 0 Å². The zero-order valence-corrected chi connectivity index (χ0v) is 12.3. The first-order valence-corrected chi connectivity index (χ1v) is 6.92. The molecule has 0 aromatic rings. The third-order valence-electron chi connectivity index (χ3n) is 2.04. The third-order valence-corrected chi connectivity index (χ3v) is 2.76. The number of nitrogens with one attached hydrogen (secondary N) is 2. The van der Waals surface area contributed by atoms with Gasteiger partial charge < -0.3 is 10.1 Å². The lowest BCUT2D eigenvalue weighted by molar-refractivity contribution is 0.0568. The van der Waals surface area contributed by atoms with E-state index >= 15 is 0 Å². The average molecular weight is 275 g/mol. The van der Waals surface area contributed by atoms with Crippen molar-refractivity contribution in [1.82, 2.24) is 14.5 Å². The molecule has 3 N–H and O–H groups in total. The molecule has 0 bridgehead atoms. The molecular formula is C12H25N3O2S. The highest BCUT2D eigenvalue weighted by Crippen LogP contribution is 2.13. The minimum absolute atomic E-state index is 0.537. The van der Waals surface area contributed by atoms with Gasteiger partial charge in [0.1, 0.15) is 0 Å². The first-order chi connectivity index (χ1) is 8.76. The summed E-state index contributed by atoms with van der Waals surface area (Å²) < 4.78 is 9.16. The molecule has 0 fully saturated rings. The lowest BCUT2D eigenvalue weighted by Crippen LogP contribution is -2.20. The fourth-order valence-corrected chi connectivity index (χ4v) is 1.78. The number of methoxy groups -OCH3 is 1. The maximum absolute atomic E-state index is 9.85. The SMILES string of the molecule is CC/C=C(\C=C/COC)N(O)SNCCCNC. The van der Waals surface area contributed by atoms with Crippen LogP contribution in [0.5, 0.6) is 0 Å². The van der Waals surface area contributed by atoms with E-state index in [0.717, 1.165) is 36.1 Å². The molecule has 0 rings (SSSR count). The molecule has 0 unspecified atom stereocenters. The smallest absolute Gasteiger partial charge is 0.0736 e. The van der Waals surface area contributed by atoms with E-state index in [1.165, 1.54) is 12.1 Å². The lowest BCUT2D eigenvalue weighted by Gasteiger charge is -2.16. The molecule has 5 nitrogen and oxygen atoms in total. The highest BCUT2D eigenvalue weighted by atomic mass is 32.2. The molecule has 0 atom stereocenters. The van der Waals surface area contributed by atoms with Crippen LogP contribution in [0.15, 0.2) is 23.9 Å². The number of nitrogens with zero attached hydrogens (tertiary/aromatic N) is 1. The molecule has 0 aromatic heterocycles. The molecule has 0 radical (unpaired) electrons. The summed E-state index contributed by atoms with van der Waals surface area (Å²) in [5, 5.41) is 12.9. The Morgan fingerprint density at radius 1 is 1.44 bits per heavy atom. The van der Waals surface area contributed by atoms with E-state index < -0.39 is 0 Å². The van der Waals surface area contributed by atoms with Gasteiger partial charge in [-0.05, 0) is 32.5 Å². The topological polar surface area (TPSA) is 56.8 Å². The van der Waals surface area contributed by atoms with Crippen LogP contribution in [0.1, 0.15) is 19.8 Å². The average Bonchev–Trinajstić information content (AvgIpc) is 2.37. The van der Waals surface area contributed by atoms with E-state index in [9.17, 15) is 5.21 Å². The fraction of sp³-hybridized carbons (Fsp3) is 0.667. The van der Waals surface area contributed by atoms with E-state index in [1.807, 2.05) is 32.2 Å². The van der Waals surface area contributed by atoms with Gasteiger partial charge in [-0.15, -0.1) is 0 Å². The van der Waals surface area contributed by atoms with Gasteiger partial charge in [-0.2, -0.15) is 4.47 Å². The summed E-state index contributed by atoms with van der Waals surface area (Å²) in [6, 6.07) is 0. The van der Waals surface area contributed by atoms with Gasteiger partial charge in [0, 0.05) is 13.7 Å². The van der Waals surface area contributed by atoms with Crippen molar-refractivity contribution in [3.05, 3.63) is 23.9 Å². The normalized spacial score (nSPS) is 12.3. The molecule has 106 valence electrons. The van der Waals surface area contributed by atoms with Crippen molar-refractivity contribution >= 4 is 12.1 Å². The Kier molecular flexibility index (Phi) is 12.5. The number of allylic oxidation sites excluding steroid dienone is 2. The number of hydrogen-bond acceptors (Lipinski definition) is 6. The minimum atomic E-state index is 0.537. The molecule has 0 aromatic carbocycles. The summed E-state index contributed by atoms with van der Waals surface area (Å²) in [7, 11) is 3.57. The van der Waals surface area contributed by atoms with Gasteiger partial charge in [0.05, 0.1) is 24.4 Å². The van der Waals surface area contributed by atoms with E-state index in [1.54, 1.807) is 7.11 Å². The van der Waals surface area contributed by atoms with Crippen LogP contribution < -0.4 is 10.0 Å². The fourth-order valence-electron chi connectivity index (χ4n) is 1.18. The monoisotopic (exact) mass is 275 g/mol. The van der Waals surface area contributed by atoms with Crippen LogP contribution in [-0.2, 0) is 4.74 Å². The van der Waals surface area contributed by atoms with Crippen molar-refractivity contribution in [2.75, 3.05) is 33.9 Å². The molecule has 0 aliphatic carbocycles. The summed E-state index contributed by atoms with van der Waals surface area (Å²) in [6.07, 6.45) is 7.55. The van der Waals surface area contributed by atoms with Gasteiger partial charge in [-0.1, -0.05) is 19.1 Å². The van der Waals surface area contributed by atoms with Gasteiger partial charge in [-0.25, -0.2) is 4.72 Å². The predicted octanol–water partition coefficient (Wildman–Crippen LogP) is 1.94. The van der Waals surface area contributed by atoms with Crippen LogP contribution in [-0.4, -0.2) is 43.5 Å². The lowest BCUT2D eigenvalue weighted by atomic mass is 10.3. The third kappa shape index (κ3) is 9.49.